The molecule has 118 valence electrons. The Balaban J connectivity index is 0.00000220. The molecule has 0 spiro atoms. The summed E-state index contributed by atoms with van der Waals surface area (Å²) in [6, 6.07) is 7.77. The zero-order valence-electron chi connectivity index (χ0n) is 12.0. The first-order chi connectivity index (χ1) is 9.35. The molecule has 0 saturated carbocycles. The quantitative estimate of drug-likeness (QED) is 0.809. The van der Waals surface area contributed by atoms with Crippen molar-refractivity contribution in [2.75, 3.05) is 35.8 Å². The van der Waals surface area contributed by atoms with E-state index in [1.807, 2.05) is 43.3 Å². The molecule has 8 heteroatoms. The van der Waals surface area contributed by atoms with Gasteiger partial charge < -0.3 is 15.5 Å². The summed E-state index contributed by atoms with van der Waals surface area (Å²) < 4.78 is 22.8. The van der Waals surface area contributed by atoms with Crippen molar-refractivity contribution in [3.63, 3.8) is 0 Å². The largest absolute Gasteiger partial charge is 0.378 e. The van der Waals surface area contributed by atoms with Crippen LogP contribution in [-0.4, -0.2) is 45.2 Å². The highest BCUT2D eigenvalue weighted by molar-refractivity contribution is 7.91. The molecule has 1 atom stereocenters. The Labute approximate surface area is 137 Å². The molecule has 0 bridgehead atoms. The van der Waals surface area contributed by atoms with Gasteiger partial charge in [-0.3, -0.25) is 0 Å². The highest BCUT2D eigenvalue weighted by Gasteiger charge is 2.28. The van der Waals surface area contributed by atoms with E-state index < -0.39 is 9.84 Å². The first kappa shape index (κ1) is 18.0. The molecule has 1 fully saturated rings. The van der Waals surface area contributed by atoms with Gasteiger partial charge in [-0.1, -0.05) is 6.07 Å². The molecule has 1 saturated heterocycles. The third kappa shape index (κ3) is 5.33. The number of thiocarbonyl (C=S) groups is 1. The van der Waals surface area contributed by atoms with Crippen molar-refractivity contribution in [2.24, 2.45) is 0 Å². The number of anilines is 2. The van der Waals surface area contributed by atoms with Crippen LogP contribution >= 0.6 is 24.6 Å². The van der Waals surface area contributed by atoms with Gasteiger partial charge in [0, 0.05) is 31.5 Å². The normalized spacial score (nSPS) is 19.4. The zero-order chi connectivity index (χ0) is 14.8. The van der Waals surface area contributed by atoms with Gasteiger partial charge in [0.05, 0.1) is 11.5 Å². The zero-order valence-corrected chi connectivity index (χ0v) is 14.4. The summed E-state index contributed by atoms with van der Waals surface area (Å²) in [5.74, 6) is 0.399. The van der Waals surface area contributed by atoms with E-state index >= 15 is 0 Å². The number of sulfone groups is 1. The van der Waals surface area contributed by atoms with Crippen LogP contribution in [0.2, 0.25) is 0 Å². The van der Waals surface area contributed by atoms with Crippen LogP contribution in [0.3, 0.4) is 0 Å². The van der Waals surface area contributed by atoms with Crippen LogP contribution < -0.4 is 15.5 Å². The van der Waals surface area contributed by atoms with E-state index in [0.717, 1.165) is 11.4 Å². The van der Waals surface area contributed by atoms with Gasteiger partial charge in [-0.25, -0.2) is 8.42 Å². The number of hydrogen-bond acceptors (Lipinski definition) is 4. The topological polar surface area (TPSA) is 61.4 Å². The smallest absolute Gasteiger partial charge is 0.171 e. The monoisotopic (exact) mass is 349 g/mol. The molecule has 1 unspecified atom stereocenters. The molecule has 1 aromatic carbocycles. The van der Waals surface area contributed by atoms with Gasteiger partial charge in [0.25, 0.3) is 0 Å². The van der Waals surface area contributed by atoms with E-state index in [1.165, 1.54) is 0 Å². The average molecular weight is 350 g/mol. The first-order valence-corrected chi connectivity index (χ1v) is 8.64. The van der Waals surface area contributed by atoms with Gasteiger partial charge in [0.15, 0.2) is 14.9 Å². The lowest BCUT2D eigenvalue weighted by atomic mass is 10.2. The fourth-order valence-electron chi connectivity index (χ4n) is 2.12. The lowest BCUT2D eigenvalue weighted by Gasteiger charge is -2.17. The van der Waals surface area contributed by atoms with Crippen LogP contribution in [0.5, 0.6) is 0 Å². The molecule has 21 heavy (non-hydrogen) atoms. The van der Waals surface area contributed by atoms with Gasteiger partial charge in [0.1, 0.15) is 0 Å². The molecule has 1 aliphatic rings. The fourth-order valence-corrected chi connectivity index (χ4v) is 4.08. The molecule has 2 N–H and O–H groups in total. The van der Waals surface area contributed by atoms with Crippen molar-refractivity contribution in [1.82, 2.24) is 5.32 Å². The number of hydrogen-bond donors (Lipinski definition) is 2. The van der Waals surface area contributed by atoms with E-state index in [0.29, 0.717) is 11.5 Å². The Hall–Kier alpha value is -1.05. The minimum absolute atomic E-state index is 0. The molecule has 2 rings (SSSR count). The Morgan fingerprint density at radius 3 is 2.67 bits per heavy atom. The number of benzene rings is 1. The Bertz CT molecular complexity index is 605. The van der Waals surface area contributed by atoms with Crippen LogP contribution in [-0.2, 0) is 9.84 Å². The van der Waals surface area contributed by atoms with Crippen molar-refractivity contribution in [2.45, 2.75) is 12.5 Å². The van der Waals surface area contributed by atoms with Crippen LogP contribution in [0.15, 0.2) is 24.3 Å². The van der Waals surface area contributed by atoms with E-state index in [-0.39, 0.29) is 30.0 Å². The summed E-state index contributed by atoms with van der Waals surface area (Å²) in [7, 11) is 1.05. The van der Waals surface area contributed by atoms with Gasteiger partial charge in [-0.05, 0) is 36.8 Å². The summed E-state index contributed by atoms with van der Waals surface area (Å²) in [6.07, 6.45) is 0.613. The van der Waals surface area contributed by atoms with E-state index in [1.54, 1.807) is 0 Å². The molecule has 1 aromatic rings. The molecular formula is C13H20ClN3O2S2. The van der Waals surface area contributed by atoms with Gasteiger partial charge in [0.2, 0.25) is 0 Å². The highest BCUT2D eigenvalue weighted by Crippen LogP contribution is 2.17. The maximum Gasteiger partial charge on any atom is 0.171 e. The molecule has 1 aliphatic heterocycles. The second-order valence-electron chi connectivity index (χ2n) is 5.14. The minimum atomic E-state index is -2.89. The van der Waals surface area contributed by atoms with Gasteiger partial charge >= 0.3 is 0 Å². The third-order valence-corrected chi connectivity index (χ3v) is 5.18. The Morgan fingerprint density at radius 1 is 1.38 bits per heavy atom. The van der Waals surface area contributed by atoms with Crippen molar-refractivity contribution in [3.05, 3.63) is 24.3 Å². The highest BCUT2D eigenvalue weighted by atomic mass is 35.5. The van der Waals surface area contributed by atoms with Crippen LogP contribution in [0.4, 0.5) is 11.4 Å². The van der Waals surface area contributed by atoms with Crippen molar-refractivity contribution in [1.29, 1.82) is 0 Å². The minimum Gasteiger partial charge on any atom is -0.378 e. The van der Waals surface area contributed by atoms with Crippen molar-refractivity contribution in [3.8, 4) is 0 Å². The van der Waals surface area contributed by atoms with E-state index in [4.69, 9.17) is 12.2 Å². The van der Waals surface area contributed by atoms with E-state index in [2.05, 4.69) is 10.6 Å². The third-order valence-electron chi connectivity index (χ3n) is 3.19. The number of rotatable bonds is 3. The molecule has 0 radical (unpaired) electrons. The van der Waals surface area contributed by atoms with Crippen molar-refractivity contribution >= 4 is 50.9 Å². The van der Waals surface area contributed by atoms with Gasteiger partial charge in [-0.2, -0.15) is 0 Å². The molecule has 5 nitrogen and oxygen atoms in total. The molecule has 0 aliphatic carbocycles. The van der Waals surface area contributed by atoms with Gasteiger partial charge in [-0.15, -0.1) is 12.4 Å². The Morgan fingerprint density at radius 2 is 2.10 bits per heavy atom. The van der Waals surface area contributed by atoms with Crippen LogP contribution in [0.1, 0.15) is 6.42 Å². The molecule has 1 heterocycles. The molecule has 0 aromatic heterocycles. The fraction of sp³-hybridized carbons (Fsp3) is 0.462. The lowest BCUT2D eigenvalue weighted by Crippen LogP contribution is -2.38. The maximum atomic E-state index is 11.4. The summed E-state index contributed by atoms with van der Waals surface area (Å²) in [6.45, 7) is 0. The summed E-state index contributed by atoms with van der Waals surface area (Å²) in [5.41, 5.74) is 1.95. The summed E-state index contributed by atoms with van der Waals surface area (Å²) in [5, 5.41) is 6.61. The lowest BCUT2D eigenvalue weighted by molar-refractivity contribution is 0.600. The summed E-state index contributed by atoms with van der Waals surface area (Å²) in [4.78, 5) is 2.01. The van der Waals surface area contributed by atoms with Crippen LogP contribution in [0.25, 0.3) is 0 Å². The predicted molar refractivity (Wildman–Crippen MR) is 94.4 cm³/mol. The second kappa shape index (κ2) is 7.29. The molecule has 0 amide bonds. The second-order valence-corrected chi connectivity index (χ2v) is 7.78. The standard InChI is InChI=1S/C13H19N3O2S2.ClH/c1-16(2)12-5-3-4-10(8-12)14-13(19)15-11-6-7-20(17,18)9-11;/h3-5,8,11H,6-7,9H2,1-2H3,(H2,14,15,19);1H. The number of nitrogens with one attached hydrogen (secondary N) is 2. The predicted octanol–water partition coefficient (Wildman–Crippen LogP) is 1.65. The van der Waals surface area contributed by atoms with Crippen LogP contribution in [0, 0.1) is 0 Å². The SMILES string of the molecule is CN(C)c1cccc(NC(=S)NC2CCS(=O)(=O)C2)c1.Cl. The molecular weight excluding hydrogens is 330 g/mol. The average Bonchev–Trinajstić information content (AvgIpc) is 2.68. The first-order valence-electron chi connectivity index (χ1n) is 6.41. The number of halogens is 1. The van der Waals surface area contributed by atoms with Crippen molar-refractivity contribution < 1.29 is 8.42 Å². The Kier molecular flexibility index (Phi) is 6.24. The van der Waals surface area contributed by atoms with E-state index in [9.17, 15) is 8.42 Å². The number of nitrogens with zero attached hydrogens (tertiary/aromatic N) is 1. The summed E-state index contributed by atoms with van der Waals surface area (Å²) >= 11 is 5.23. The maximum absolute atomic E-state index is 11.4.